The highest BCUT2D eigenvalue weighted by molar-refractivity contribution is 14.1. The minimum Gasteiger partial charge on any atom is -0.377 e. The van der Waals surface area contributed by atoms with E-state index in [1.807, 2.05) is 34.8 Å². The zero-order valence-electron chi connectivity index (χ0n) is 21.0. The maximum atomic E-state index is 6.10. The van der Waals surface area contributed by atoms with Gasteiger partial charge < -0.3 is 14.4 Å². The second kappa shape index (κ2) is 9.38. The summed E-state index contributed by atoms with van der Waals surface area (Å²) in [5, 5.41) is 18.6. The topological polar surface area (TPSA) is 100 Å². The van der Waals surface area contributed by atoms with E-state index in [0.717, 1.165) is 81.6 Å². The lowest BCUT2D eigenvalue weighted by Crippen LogP contribution is -2.44. The maximum Gasteiger partial charge on any atom is 0.181 e. The van der Waals surface area contributed by atoms with E-state index in [2.05, 4.69) is 56.9 Å². The van der Waals surface area contributed by atoms with E-state index in [1.165, 1.54) is 0 Å². The number of imidazole rings is 1. The molecule has 11 nitrogen and oxygen atoms in total. The quantitative estimate of drug-likeness (QED) is 0.327. The van der Waals surface area contributed by atoms with Crippen molar-refractivity contribution in [1.29, 1.82) is 0 Å². The molecule has 2 fully saturated rings. The van der Waals surface area contributed by atoms with Gasteiger partial charge in [0.2, 0.25) is 0 Å². The van der Waals surface area contributed by atoms with E-state index in [0.29, 0.717) is 13.2 Å². The molecule has 6 rings (SSSR count). The third kappa shape index (κ3) is 3.98. The molecule has 1 unspecified atom stereocenters. The number of ether oxygens (including phenoxy) is 2. The summed E-state index contributed by atoms with van der Waals surface area (Å²) < 4.78 is 18.5. The van der Waals surface area contributed by atoms with Crippen LogP contribution in [0.15, 0.2) is 12.1 Å². The van der Waals surface area contributed by atoms with Crippen LogP contribution >= 0.6 is 22.6 Å². The van der Waals surface area contributed by atoms with Crippen LogP contribution in [0.2, 0.25) is 0 Å². The molecule has 0 aliphatic carbocycles. The van der Waals surface area contributed by atoms with Crippen molar-refractivity contribution >= 4 is 33.9 Å². The summed E-state index contributed by atoms with van der Waals surface area (Å²) >= 11 is 2.31. The first kappa shape index (κ1) is 23.8. The number of halogens is 1. The normalized spacial score (nSPS) is 21.0. The molecule has 0 N–H and O–H groups in total. The van der Waals surface area contributed by atoms with Crippen molar-refractivity contribution < 1.29 is 9.47 Å². The Kier molecular flexibility index (Phi) is 6.20. The molecule has 36 heavy (non-hydrogen) atoms. The van der Waals surface area contributed by atoms with Gasteiger partial charge in [0.05, 0.1) is 36.3 Å². The van der Waals surface area contributed by atoms with Gasteiger partial charge in [-0.15, -0.1) is 10.2 Å². The molecule has 4 aromatic rings. The Bertz CT molecular complexity index is 1400. The SMILES string of the molecule is Cc1cc(-c2nc(I)c3c(-c4c(C)nnn4C)cc(N4CCOC[C@H]4C)nn23)n(C2CCCCO2)n1. The predicted molar refractivity (Wildman–Crippen MR) is 143 cm³/mol. The standard InChI is InChI=1S/C24H30IN9O2/c1-14-11-18(33(28-14)20-7-5-6-9-36-20)24-26-23(25)22-17(21-16(3)27-30-31(21)4)12-19(29-34(22)24)32-8-10-35-13-15(32)2/h11-12,15,20H,5-10,13H2,1-4H3/t15-,20?/m1/s1. The number of fused-ring (bicyclic) bond motifs is 1. The van der Waals surface area contributed by atoms with Crippen LogP contribution in [0.25, 0.3) is 28.3 Å². The van der Waals surface area contributed by atoms with Crippen molar-refractivity contribution in [2.75, 3.05) is 31.3 Å². The van der Waals surface area contributed by atoms with Crippen molar-refractivity contribution in [3.8, 4) is 22.8 Å². The van der Waals surface area contributed by atoms with E-state index in [-0.39, 0.29) is 12.3 Å². The molecular formula is C24H30IN9O2. The van der Waals surface area contributed by atoms with Gasteiger partial charge in [0, 0.05) is 25.8 Å². The average Bonchev–Trinajstić information content (AvgIpc) is 3.54. The summed E-state index contributed by atoms with van der Waals surface area (Å²) in [4.78, 5) is 7.34. The minimum atomic E-state index is -0.0992. The van der Waals surface area contributed by atoms with Gasteiger partial charge >= 0.3 is 0 Å². The zero-order chi connectivity index (χ0) is 25.0. The van der Waals surface area contributed by atoms with Crippen LogP contribution in [0, 0.1) is 17.5 Å². The number of hydrogen-bond donors (Lipinski definition) is 0. The van der Waals surface area contributed by atoms with E-state index < -0.39 is 0 Å². The van der Waals surface area contributed by atoms with Crippen molar-refractivity contribution in [3.63, 3.8) is 0 Å². The van der Waals surface area contributed by atoms with Gasteiger partial charge in [0.25, 0.3) is 0 Å². The smallest absolute Gasteiger partial charge is 0.181 e. The highest BCUT2D eigenvalue weighted by Gasteiger charge is 2.29. The molecule has 190 valence electrons. The molecule has 0 radical (unpaired) electrons. The minimum absolute atomic E-state index is 0.0992. The van der Waals surface area contributed by atoms with Crippen molar-refractivity contribution in [1.82, 2.24) is 39.4 Å². The molecule has 0 spiro atoms. The molecule has 6 heterocycles. The molecule has 0 aromatic carbocycles. The number of nitrogens with zero attached hydrogens (tertiary/aromatic N) is 9. The third-order valence-corrected chi connectivity index (χ3v) is 7.72. The lowest BCUT2D eigenvalue weighted by molar-refractivity contribution is -0.0386. The number of morpholine rings is 1. The second-order valence-electron chi connectivity index (χ2n) is 9.60. The molecular weight excluding hydrogens is 573 g/mol. The van der Waals surface area contributed by atoms with Crippen LogP contribution < -0.4 is 4.90 Å². The fraction of sp³-hybridized carbons (Fsp3) is 0.542. The fourth-order valence-electron chi connectivity index (χ4n) is 5.24. The van der Waals surface area contributed by atoms with Crippen LogP contribution in [0.3, 0.4) is 0 Å². The Balaban J connectivity index is 1.61. The number of rotatable bonds is 4. The molecule has 12 heteroatoms. The molecule has 2 aliphatic rings. The summed E-state index contributed by atoms with van der Waals surface area (Å²) in [7, 11) is 1.92. The molecule has 0 bridgehead atoms. The van der Waals surface area contributed by atoms with Gasteiger partial charge in [-0.1, -0.05) is 5.21 Å². The number of anilines is 1. The molecule has 2 aliphatic heterocycles. The van der Waals surface area contributed by atoms with Gasteiger partial charge in [-0.05, 0) is 74.8 Å². The summed E-state index contributed by atoms with van der Waals surface area (Å²) in [5.41, 5.74) is 5.58. The fourth-order valence-corrected chi connectivity index (χ4v) is 5.99. The van der Waals surface area contributed by atoms with E-state index in [4.69, 9.17) is 24.7 Å². The Morgan fingerprint density at radius 3 is 2.69 bits per heavy atom. The first-order valence-corrected chi connectivity index (χ1v) is 13.5. The van der Waals surface area contributed by atoms with Crippen molar-refractivity contribution in [2.24, 2.45) is 7.05 Å². The average molecular weight is 603 g/mol. The Labute approximate surface area is 222 Å². The summed E-state index contributed by atoms with van der Waals surface area (Å²) in [6.45, 7) is 9.02. The van der Waals surface area contributed by atoms with E-state index in [9.17, 15) is 0 Å². The highest BCUT2D eigenvalue weighted by atomic mass is 127. The number of hydrogen-bond acceptors (Lipinski definition) is 8. The number of aromatic nitrogens is 8. The second-order valence-corrected chi connectivity index (χ2v) is 10.6. The van der Waals surface area contributed by atoms with Crippen LogP contribution in [-0.2, 0) is 16.5 Å². The summed E-state index contributed by atoms with van der Waals surface area (Å²) in [5.74, 6) is 1.63. The first-order valence-electron chi connectivity index (χ1n) is 12.4. The van der Waals surface area contributed by atoms with Gasteiger partial charge in [0.1, 0.15) is 14.9 Å². The van der Waals surface area contributed by atoms with Crippen molar-refractivity contribution in [3.05, 3.63) is 27.2 Å². The van der Waals surface area contributed by atoms with Gasteiger partial charge in [-0.25, -0.2) is 18.9 Å². The van der Waals surface area contributed by atoms with Crippen LogP contribution in [0.1, 0.15) is 43.8 Å². The van der Waals surface area contributed by atoms with Crippen LogP contribution in [0.5, 0.6) is 0 Å². The first-order chi connectivity index (χ1) is 17.4. The summed E-state index contributed by atoms with van der Waals surface area (Å²) in [6, 6.07) is 4.42. The maximum absolute atomic E-state index is 6.10. The molecule has 4 aromatic heterocycles. The monoisotopic (exact) mass is 603 g/mol. The highest BCUT2D eigenvalue weighted by Crippen LogP contribution is 2.36. The molecule has 0 amide bonds. The van der Waals surface area contributed by atoms with Crippen LogP contribution in [-0.4, -0.2) is 71.8 Å². The van der Waals surface area contributed by atoms with Gasteiger partial charge in [-0.2, -0.15) is 5.10 Å². The largest absolute Gasteiger partial charge is 0.377 e. The van der Waals surface area contributed by atoms with Gasteiger partial charge in [-0.3, -0.25) is 0 Å². The van der Waals surface area contributed by atoms with E-state index in [1.54, 1.807) is 0 Å². The van der Waals surface area contributed by atoms with Crippen molar-refractivity contribution in [2.45, 2.75) is 52.3 Å². The predicted octanol–water partition coefficient (Wildman–Crippen LogP) is 3.53. The third-order valence-electron chi connectivity index (χ3n) is 6.97. The Hall–Kier alpha value is -2.58. The number of aryl methyl sites for hydroxylation is 3. The van der Waals surface area contributed by atoms with Crippen LogP contribution in [0.4, 0.5) is 5.82 Å². The molecule has 2 atom stereocenters. The van der Waals surface area contributed by atoms with Gasteiger partial charge in [0.15, 0.2) is 17.9 Å². The lowest BCUT2D eigenvalue weighted by Gasteiger charge is -2.34. The Morgan fingerprint density at radius 2 is 1.97 bits per heavy atom. The molecule has 2 saturated heterocycles. The zero-order valence-corrected chi connectivity index (χ0v) is 23.1. The Morgan fingerprint density at radius 1 is 1.11 bits per heavy atom. The van der Waals surface area contributed by atoms with E-state index >= 15 is 0 Å². The summed E-state index contributed by atoms with van der Waals surface area (Å²) in [6.07, 6.45) is 3.04. The lowest BCUT2D eigenvalue weighted by atomic mass is 10.1. The molecule has 0 saturated carbocycles.